The van der Waals surface area contributed by atoms with Crippen LogP contribution in [0.5, 0.6) is 0 Å². The third-order valence-electron chi connectivity index (χ3n) is 6.99. The van der Waals surface area contributed by atoms with Crippen molar-refractivity contribution in [3.8, 4) is 0 Å². The molecule has 1 saturated heterocycles. The van der Waals surface area contributed by atoms with Crippen LogP contribution < -0.4 is 0 Å². The number of imidazole rings is 1. The molecule has 1 saturated carbocycles. The molecule has 1 aliphatic heterocycles. The van der Waals surface area contributed by atoms with Crippen molar-refractivity contribution in [1.82, 2.24) is 19.4 Å². The fraction of sp³-hybridized carbons (Fsp3) is 0.500. The number of rotatable bonds is 5. The molecular weight excluding hydrogens is 360 g/mol. The van der Waals surface area contributed by atoms with E-state index in [-0.39, 0.29) is 5.92 Å². The lowest BCUT2D eigenvalue weighted by atomic mass is 9.83. The smallest absolute Gasteiger partial charge is 0.124 e. The number of hydrogen-bond donors (Lipinski definition) is 1. The Labute approximate surface area is 172 Å². The molecule has 1 aromatic carbocycles. The molecule has 5 rings (SSSR count). The highest BCUT2D eigenvalue weighted by molar-refractivity contribution is 5.75. The molecule has 29 heavy (non-hydrogen) atoms. The number of aryl methyl sites for hydroxylation is 2. The maximum Gasteiger partial charge on any atom is 0.124 e. The van der Waals surface area contributed by atoms with E-state index in [0.717, 1.165) is 68.0 Å². The number of likely N-dealkylation sites (tertiary alicyclic amines) is 1. The van der Waals surface area contributed by atoms with E-state index in [4.69, 9.17) is 4.98 Å². The van der Waals surface area contributed by atoms with Crippen molar-refractivity contribution in [2.75, 3.05) is 13.1 Å². The van der Waals surface area contributed by atoms with Gasteiger partial charge in [-0.15, -0.1) is 0 Å². The van der Waals surface area contributed by atoms with E-state index in [1.165, 1.54) is 5.52 Å². The number of benzene rings is 1. The Morgan fingerprint density at radius 3 is 2.86 bits per heavy atom. The second-order valence-electron chi connectivity index (χ2n) is 8.86. The standard InChI is InChI=1S/C24H30N4O/c1-3-13-28-21-9-5-4-8-20(21)26-22(28)16-27-14-18-10-11-24(29,19(18)15-27)23-17(2)7-6-12-25-23/h4-9,12,18-19,29H,3,10-11,13-16H2,1-2H3/t18-,19+,24-/m0/s1. The summed E-state index contributed by atoms with van der Waals surface area (Å²) in [6.07, 6.45) is 4.80. The molecule has 0 amide bonds. The van der Waals surface area contributed by atoms with Crippen molar-refractivity contribution in [1.29, 1.82) is 0 Å². The molecule has 3 heterocycles. The molecule has 5 heteroatoms. The van der Waals surface area contributed by atoms with Gasteiger partial charge in [0.2, 0.25) is 0 Å². The second-order valence-corrected chi connectivity index (χ2v) is 8.86. The van der Waals surface area contributed by atoms with Crippen LogP contribution in [0.3, 0.4) is 0 Å². The predicted molar refractivity (Wildman–Crippen MR) is 114 cm³/mol. The number of pyridine rings is 1. The topological polar surface area (TPSA) is 54.2 Å². The van der Waals surface area contributed by atoms with E-state index in [1.807, 2.05) is 12.3 Å². The molecule has 152 valence electrons. The Balaban J connectivity index is 1.40. The zero-order valence-corrected chi connectivity index (χ0v) is 17.4. The summed E-state index contributed by atoms with van der Waals surface area (Å²) in [6.45, 7) is 8.06. The molecule has 5 nitrogen and oxygen atoms in total. The van der Waals surface area contributed by atoms with Crippen molar-refractivity contribution in [2.45, 2.75) is 51.8 Å². The van der Waals surface area contributed by atoms with Gasteiger partial charge in [0.05, 0.1) is 23.3 Å². The van der Waals surface area contributed by atoms with Crippen molar-refractivity contribution in [2.24, 2.45) is 11.8 Å². The summed E-state index contributed by atoms with van der Waals surface area (Å²) in [6, 6.07) is 12.4. The number of nitrogens with zero attached hydrogens (tertiary/aromatic N) is 4. The Hall–Kier alpha value is -2.24. The normalized spacial score (nSPS) is 27.0. The third kappa shape index (κ3) is 3.08. The van der Waals surface area contributed by atoms with E-state index in [2.05, 4.69) is 58.6 Å². The largest absolute Gasteiger partial charge is 0.383 e. The lowest BCUT2D eigenvalue weighted by molar-refractivity contribution is -0.0115. The van der Waals surface area contributed by atoms with Gasteiger partial charge in [0.25, 0.3) is 0 Å². The van der Waals surface area contributed by atoms with E-state index >= 15 is 0 Å². The van der Waals surface area contributed by atoms with Crippen LogP contribution in [-0.4, -0.2) is 37.6 Å². The molecule has 1 aliphatic carbocycles. The zero-order valence-electron chi connectivity index (χ0n) is 17.4. The Morgan fingerprint density at radius 2 is 2.03 bits per heavy atom. The molecule has 0 radical (unpaired) electrons. The molecule has 2 aromatic heterocycles. The van der Waals surface area contributed by atoms with Gasteiger partial charge in [0, 0.05) is 31.7 Å². The lowest BCUT2D eigenvalue weighted by Crippen LogP contribution is -2.36. The Kier molecular flexibility index (Phi) is 4.67. The molecule has 3 atom stereocenters. The maximum atomic E-state index is 11.6. The van der Waals surface area contributed by atoms with Gasteiger partial charge < -0.3 is 9.67 Å². The Bertz CT molecular complexity index is 1030. The fourth-order valence-corrected chi connectivity index (χ4v) is 5.67. The predicted octanol–water partition coefficient (Wildman–Crippen LogP) is 3.88. The van der Waals surface area contributed by atoms with E-state index in [0.29, 0.717) is 5.92 Å². The number of aliphatic hydroxyl groups is 1. The minimum Gasteiger partial charge on any atom is -0.383 e. The summed E-state index contributed by atoms with van der Waals surface area (Å²) in [5.74, 6) is 1.93. The zero-order chi connectivity index (χ0) is 20.0. The number of fused-ring (bicyclic) bond motifs is 2. The maximum absolute atomic E-state index is 11.6. The van der Waals surface area contributed by atoms with Crippen LogP contribution in [0.2, 0.25) is 0 Å². The summed E-state index contributed by atoms with van der Waals surface area (Å²) in [5.41, 5.74) is 3.49. The molecule has 0 bridgehead atoms. The highest BCUT2D eigenvalue weighted by Crippen LogP contribution is 2.50. The van der Waals surface area contributed by atoms with Gasteiger partial charge in [0.1, 0.15) is 11.4 Å². The number of para-hydroxylation sites is 2. The first-order valence-corrected chi connectivity index (χ1v) is 10.9. The SMILES string of the molecule is CCCn1c(CN2C[C@@H]3CC[C@@](O)(c4ncccc4C)[C@@H]3C2)nc2ccccc21. The van der Waals surface area contributed by atoms with E-state index < -0.39 is 5.60 Å². The van der Waals surface area contributed by atoms with Crippen LogP contribution >= 0.6 is 0 Å². The average Bonchev–Trinajstić information content (AvgIpc) is 3.37. The van der Waals surface area contributed by atoms with Gasteiger partial charge in [0.15, 0.2) is 0 Å². The van der Waals surface area contributed by atoms with Crippen LogP contribution in [0.1, 0.15) is 43.3 Å². The van der Waals surface area contributed by atoms with Crippen LogP contribution in [-0.2, 0) is 18.7 Å². The van der Waals surface area contributed by atoms with Gasteiger partial charge in [-0.25, -0.2) is 4.98 Å². The van der Waals surface area contributed by atoms with Crippen molar-refractivity contribution >= 4 is 11.0 Å². The molecule has 2 aliphatic rings. The summed E-state index contributed by atoms with van der Waals surface area (Å²) >= 11 is 0. The van der Waals surface area contributed by atoms with Crippen LogP contribution in [0, 0.1) is 18.8 Å². The van der Waals surface area contributed by atoms with Gasteiger partial charge in [-0.05, 0) is 55.9 Å². The summed E-state index contributed by atoms with van der Waals surface area (Å²) in [5, 5.41) is 11.6. The molecular formula is C24H30N4O. The van der Waals surface area contributed by atoms with E-state index in [1.54, 1.807) is 0 Å². The average molecular weight is 391 g/mol. The Morgan fingerprint density at radius 1 is 1.17 bits per heavy atom. The fourth-order valence-electron chi connectivity index (χ4n) is 5.67. The van der Waals surface area contributed by atoms with Gasteiger partial charge in [-0.2, -0.15) is 0 Å². The summed E-state index contributed by atoms with van der Waals surface area (Å²) in [4.78, 5) is 12.0. The summed E-state index contributed by atoms with van der Waals surface area (Å²) < 4.78 is 2.37. The second kappa shape index (κ2) is 7.22. The highest BCUT2D eigenvalue weighted by atomic mass is 16.3. The highest BCUT2D eigenvalue weighted by Gasteiger charge is 2.53. The number of hydrogen-bond acceptors (Lipinski definition) is 4. The first-order valence-electron chi connectivity index (χ1n) is 10.9. The van der Waals surface area contributed by atoms with Crippen molar-refractivity contribution in [3.63, 3.8) is 0 Å². The van der Waals surface area contributed by atoms with Crippen LogP contribution in [0.15, 0.2) is 42.6 Å². The first kappa shape index (κ1) is 18.8. The van der Waals surface area contributed by atoms with E-state index in [9.17, 15) is 5.11 Å². The molecule has 3 aromatic rings. The number of aromatic nitrogens is 3. The lowest BCUT2D eigenvalue weighted by Gasteiger charge is -2.31. The van der Waals surface area contributed by atoms with Gasteiger partial charge >= 0.3 is 0 Å². The van der Waals surface area contributed by atoms with Crippen LogP contribution in [0.25, 0.3) is 11.0 Å². The van der Waals surface area contributed by atoms with Gasteiger partial charge in [-0.3, -0.25) is 9.88 Å². The molecule has 0 unspecified atom stereocenters. The monoisotopic (exact) mass is 390 g/mol. The molecule has 2 fully saturated rings. The minimum absolute atomic E-state index is 0.250. The van der Waals surface area contributed by atoms with Crippen molar-refractivity contribution in [3.05, 3.63) is 59.7 Å². The minimum atomic E-state index is -0.797. The van der Waals surface area contributed by atoms with Gasteiger partial charge in [-0.1, -0.05) is 25.1 Å². The molecule has 0 spiro atoms. The van der Waals surface area contributed by atoms with Crippen molar-refractivity contribution < 1.29 is 5.11 Å². The quantitative estimate of drug-likeness (QED) is 0.718. The van der Waals surface area contributed by atoms with Crippen LogP contribution in [0.4, 0.5) is 0 Å². The molecule has 1 N–H and O–H groups in total. The first-order chi connectivity index (χ1) is 14.1. The summed E-state index contributed by atoms with van der Waals surface area (Å²) in [7, 11) is 0. The third-order valence-corrected chi connectivity index (χ3v) is 6.99.